The summed E-state index contributed by atoms with van der Waals surface area (Å²) in [5.41, 5.74) is 4.61. The fourth-order valence-electron chi connectivity index (χ4n) is 4.34. The minimum absolute atomic E-state index is 0.0408. The summed E-state index contributed by atoms with van der Waals surface area (Å²) in [4.78, 5) is 17.4. The van der Waals surface area contributed by atoms with E-state index >= 15 is 0 Å². The second kappa shape index (κ2) is 10.0. The van der Waals surface area contributed by atoms with E-state index in [0.717, 1.165) is 54.2 Å². The van der Waals surface area contributed by atoms with Crippen molar-refractivity contribution in [2.75, 3.05) is 38.2 Å². The van der Waals surface area contributed by atoms with E-state index in [4.69, 9.17) is 9.15 Å². The van der Waals surface area contributed by atoms with Gasteiger partial charge in [0.15, 0.2) is 0 Å². The van der Waals surface area contributed by atoms with Crippen LogP contribution >= 0.6 is 0 Å². The van der Waals surface area contributed by atoms with Crippen LogP contribution in [0, 0.1) is 6.92 Å². The number of nitrogens with zero attached hydrogens (tertiary/aromatic N) is 4. The fraction of sp³-hybridized carbons (Fsp3) is 0.250. The predicted octanol–water partition coefficient (Wildman–Crippen LogP) is 5.07. The number of hydrogen-bond donors (Lipinski definition) is 0. The van der Waals surface area contributed by atoms with Crippen molar-refractivity contribution in [2.24, 2.45) is 0 Å². The van der Waals surface area contributed by atoms with E-state index in [2.05, 4.69) is 27.2 Å². The van der Waals surface area contributed by atoms with Gasteiger partial charge in [-0.2, -0.15) is 0 Å². The van der Waals surface area contributed by atoms with Gasteiger partial charge in [0.25, 0.3) is 5.91 Å². The van der Waals surface area contributed by atoms with Crippen LogP contribution in [0.4, 0.5) is 5.69 Å². The summed E-state index contributed by atoms with van der Waals surface area (Å²) in [7, 11) is 1.67. The minimum atomic E-state index is 0.0408. The number of carbonyl (C=O) groups is 1. The summed E-state index contributed by atoms with van der Waals surface area (Å²) in [5.74, 6) is 1.80. The maximum atomic E-state index is 13.2. The number of anilines is 1. The number of benzene rings is 3. The molecule has 2 heterocycles. The van der Waals surface area contributed by atoms with E-state index in [1.165, 1.54) is 0 Å². The van der Waals surface area contributed by atoms with Crippen molar-refractivity contribution >= 4 is 11.6 Å². The zero-order valence-corrected chi connectivity index (χ0v) is 20.0. The number of carbonyl (C=O) groups excluding carboxylic acids is 1. The van der Waals surface area contributed by atoms with E-state index in [1.807, 2.05) is 72.5 Å². The van der Waals surface area contributed by atoms with Gasteiger partial charge < -0.3 is 19.0 Å². The molecule has 3 aromatic carbocycles. The SMILES string of the molecule is COc1ccc(N2CCCN(C(=O)c3ccc(-c4nnc(-c5cccc(C)c5)o4)cc3)CC2)cc1. The Morgan fingerprint density at radius 1 is 0.857 bits per heavy atom. The Morgan fingerprint density at radius 2 is 1.60 bits per heavy atom. The molecule has 1 aromatic heterocycles. The zero-order valence-electron chi connectivity index (χ0n) is 20.0. The molecule has 0 radical (unpaired) electrons. The van der Waals surface area contributed by atoms with Crippen LogP contribution in [0.5, 0.6) is 5.75 Å². The number of aryl methyl sites for hydroxylation is 1. The third kappa shape index (κ3) is 5.04. The molecule has 0 aliphatic carbocycles. The molecule has 5 rings (SSSR count). The Hall–Kier alpha value is -4.13. The number of rotatable bonds is 5. The number of aromatic nitrogens is 2. The van der Waals surface area contributed by atoms with Gasteiger partial charge in [0.05, 0.1) is 7.11 Å². The molecular formula is C28H28N4O3. The van der Waals surface area contributed by atoms with Crippen molar-refractivity contribution < 1.29 is 13.9 Å². The summed E-state index contributed by atoms with van der Waals surface area (Å²) in [6, 6.07) is 23.4. The van der Waals surface area contributed by atoms with E-state index in [-0.39, 0.29) is 5.91 Å². The molecule has 0 spiro atoms. The molecule has 7 heteroatoms. The molecular weight excluding hydrogens is 440 g/mol. The van der Waals surface area contributed by atoms with Gasteiger partial charge in [-0.05, 0) is 74.0 Å². The number of ether oxygens (including phenoxy) is 1. The van der Waals surface area contributed by atoms with Crippen LogP contribution in [-0.2, 0) is 0 Å². The van der Waals surface area contributed by atoms with Crippen LogP contribution in [0.1, 0.15) is 22.3 Å². The van der Waals surface area contributed by atoms with Crippen molar-refractivity contribution in [1.82, 2.24) is 15.1 Å². The van der Waals surface area contributed by atoms with Gasteiger partial charge in [0.1, 0.15) is 5.75 Å². The maximum Gasteiger partial charge on any atom is 0.253 e. The average Bonchev–Trinajstić information content (AvgIpc) is 3.27. The molecule has 1 aliphatic heterocycles. The Kier molecular flexibility index (Phi) is 6.48. The standard InChI is InChI=1S/C28H28N4O3/c1-20-5-3-6-23(19-20)27-30-29-26(35-27)21-7-9-22(10-8-21)28(33)32-16-4-15-31(17-18-32)24-11-13-25(34-2)14-12-24/h3,5-14,19H,4,15-18H2,1-2H3. The Balaban J connectivity index is 1.24. The van der Waals surface area contributed by atoms with Crippen LogP contribution in [0.25, 0.3) is 22.9 Å². The molecule has 35 heavy (non-hydrogen) atoms. The Labute approximate surface area is 205 Å². The third-order valence-electron chi connectivity index (χ3n) is 6.29. The Morgan fingerprint density at radius 3 is 2.31 bits per heavy atom. The normalized spacial score (nSPS) is 14.0. The number of methoxy groups -OCH3 is 1. The van der Waals surface area contributed by atoms with Crippen molar-refractivity contribution in [2.45, 2.75) is 13.3 Å². The Bertz CT molecular complexity index is 1300. The maximum absolute atomic E-state index is 13.2. The van der Waals surface area contributed by atoms with Gasteiger partial charge in [-0.1, -0.05) is 17.7 Å². The molecule has 4 aromatic rings. The highest BCUT2D eigenvalue weighted by molar-refractivity contribution is 5.94. The molecule has 178 valence electrons. The lowest BCUT2D eigenvalue weighted by Crippen LogP contribution is -2.35. The molecule has 1 aliphatic rings. The van der Waals surface area contributed by atoms with E-state index in [0.29, 0.717) is 23.9 Å². The van der Waals surface area contributed by atoms with Crippen molar-refractivity contribution in [1.29, 1.82) is 0 Å². The average molecular weight is 469 g/mol. The van der Waals surface area contributed by atoms with E-state index in [9.17, 15) is 4.79 Å². The molecule has 0 bridgehead atoms. The molecule has 1 fully saturated rings. The first-order valence-electron chi connectivity index (χ1n) is 11.8. The molecule has 1 saturated heterocycles. The first-order chi connectivity index (χ1) is 17.1. The van der Waals surface area contributed by atoms with Crippen LogP contribution in [0.2, 0.25) is 0 Å². The van der Waals surface area contributed by atoms with E-state index in [1.54, 1.807) is 7.11 Å². The topological polar surface area (TPSA) is 71.7 Å². The number of hydrogen-bond acceptors (Lipinski definition) is 6. The molecule has 7 nitrogen and oxygen atoms in total. The molecule has 0 N–H and O–H groups in total. The van der Waals surface area contributed by atoms with Crippen LogP contribution < -0.4 is 9.64 Å². The van der Waals surface area contributed by atoms with E-state index < -0.39 is 0 Å². The lowest BCUT2D eigenvalue weighted by Gasteiger charge is -2.24. The zero-order chi connectivity index (χ0) is 24.2. The second-order valence-electron chi connectivity index (χ2n) is 8.69. The lowest BCUT2D eigenvalue weighted by atomic mass is 10.1. The van der Waals surface area contributed by atoms with Gasteiger partial charge in [-0.15, -0.1) is 10.2 Å². The summed E-state index contributed by atoms with van der Waals surface area (Å²) < 4.78 is 11.1. The predicted molar refractivity (Wildman–Crippen MR) is 136 cm³/mol. The first-order valence-corrected chi connectivity index (χ1v) is 11.8. The lowest BCUT2D eigenvalue weighted by molar-refractivity contribution is 0.0767. The van der Waals surface area contributed by atoms with Gasteiger partial charge >= 0.3 is 0 Å². The van der Waals surface area contributed by atoms with Crippen LogP contribution in [0.3, 0.4) is 0 Å². The highest BCUT2D eigenvalue weighted by Gasteiger charge is 2.21. The van der Waals surface area contributed by atoms with Crippen molar-refractivity contribution in [3.05, 3.63) is 83.9 Å². The first kappa shape index (κ1) is 22.7. The van der Waals surface area contributed by atoms with Crippen LogP contribution in [0.15, 0.2) is 77.2 Å². The van der Waals surface area contributed by atoms with Crippen LogP contribution in [-0.4, -0.2) is 54.3 Å². The summed E-state index contributed by atoms with van der Waals surface area (Å²) >= 11 is 0. The van der Waals surface area contributed by atoms with Gasteiger partial charge in [0, 0.05) is 48.6 Å². The van der Waals surface area contributed by atoms with Crippen molar-refractivity contribution in [3.8, 4) is 28.7 Å². The quantitative estimate of drug-likeness (QED) is 0.407. The molecule has 0 saturated carbocycles. The summed E-state index contributed by atoms with van der Waals surface area (Å²) in [6.07, 6.45) is 0.916. The smallest absolute Gasteiger partial charge is 0.253 e. The molecule has 1 amide bonds. The third-order valence-corrected chi connectivity index (χ3v) is 6.29. The fourth-order valence-corrected chi connectivity index (χ4v) is 4.34. The van der Waals surface area contributed by atoms with Gasteiger partial charge in [-0.3, -0.25) is 4.79 Å². The monoisotopic (exact) mass is 468 g/mol. The van der Waals surface area contributed by atoms with Crippen molar-refractivity contribution in [3.63, 3.8) is 0 Å². The summed E-state index contributed by atoms with van der Waals surface area (Å²) in [6.45, 7) is 5.14. The second-order valence-corrected chi connectivity index (χ2v) is 8.69. The summed E-state index contributed by atoms with van der Waals surface area (Å²) in [5, 5.41) is 8.38. The van der Waals surface area contributed by atoms with Gasteiger partial charge in [-0.25, -0.2) is 0 Å². The minimum Gasteiger partial charge on any atom is -0.497 e. The largest absolute Gasteiger partial charge is 0.497 e. The van der Waals surface area contributed by atoms with Gasteiger partial charge in [0.2, 0.25) is 11.8 Å². The molecule has 0 atom stereocenters. The number of amides is 1. The highest BCUT2D eigenvalue weighted by atomic mass is 16.5. The highest BCUT2D eigenvalue weighted by Crippen LogP contribution is 2.25. The molecule has 0 unspecified atom stereocenters.